The topological polar surface area (TPSA) is 20.2 Å². The van der Waals surface area contributed by atoms with Gasteiger partial charge in [-0.25, -0.2) is 0 Å². The predicted octanol–water partition coefficient (Wildman–Crippen LogP) is 1.33. The Labute approximate surface area is 46.1 Å². The SMILES string of the molecule is [2H][C@@H](CC=C)[C@@H](C)O. The maximum absolute atomic E-state index is 8.72. The molecule has 2 atom stereocenters. The van der Waals surface area contributed by atoms with Gasteiger partial charge in [0.05, 0.1) is 6.10 Å². The molecule has 7 heavy (non-hydrogen) atoms. The Morgan fingerprint density at radius 2 is 2.71 bits per heavy atom. The lowest BCUT2D eigenvalue weighted by atomic mass is 10.2. The third-order valence-electron chi connectivity index (χ3n) is 0.644. The summed E-state index contributed by atoms with van der Waals surface area (Å²) in [5, 5.41) is 8.72. The minimum Gasteiger partial charge on any atom is -0.393 e. The van der Waals surface area contributed by atoms with Crippen LogP contribution in [-0.2, 0) is 0 Å². The molecule has 0 heterocycles. The van der Waals surface area contributed by atoms with Crippen LogP contribution in [0.15, 0.2) is 12.7 Å². The van der Waals surface area contributed by atoms with Crippen LogP contribution in [-0.4, -0.2) is 11.2 Å². The third-order valence-corrected chi connectivity index (χ3v) is 0.644. The number of hydrogen-bond donors (Lipinski definition) is 1. The molecular weight excluding hydrogens is 88.1 g/mol. The van der Waals surface area contributed by atoms with E-state index in [0.29, 0.717) is 6.42 Å². The van der Waals surface area contributed by atoms with Crippen molar-refractivity contribution in [1.82, 2.24) is 0 Å². The lowest BCUT2D eigenvalue weighted by Gasteiger charge is -1.96. The van der Waals surface area contributed by atoms with Crippen LogP contribution in [0.3, 0.4) is 0 Å². The van der Waals surface area contributed by atoms with Gasteiger partial charge in [0, 0.05) is 1.37 Å². The van der Waals surface area contributed by atoms with E-state index in [1.165, 1.54) is 0 Å². The molecule has 0 aromatic carbocycles. The zero-order valence-electron chi connectivity index (χ0n) is 5.59. The standard InChI is InChI=1S/C6H12O/c1-3-4-5-6(2)7/h3,6-7H,1,4-5H2,2H3/t6-/m1/s1/i5D/t5-,6+/m0. The number of rotatable bonds is 3. The van der Waals surface area contributed by atoms with Crippen molar-refractivity contribution in [3.05, 3.63) is 12.7 Å². The van der Waals surface area contributed by atoms with Crippen LogP contribution < -0.4 is 0 Å². The number of allylic oxidation sites excluding steroid dienone is 1. The first-order chi connectivity index (χ1) is 3.68. The molecule has 1 heteroatoms. The molecule has 0 amide bonds. The molecular formula is C6H12O. The highest BCUT2D eigenvalue weighted by molar-refractivity contribution is 4.66. The lowest BCUT2D eigenvalue weighted by Crippen LogP contribution is -1.96. The molecule has 42 valence electrons. The third kappa shape index (κ3) is 5.70. The number of aliphatic hydroxyl groups is 1. The fourth-order valence-corrected chi connectivity index (χ4v) is 0.293. The first-order valence-corrected chi connectivity index (χ1v) is 2.39. The largest absolute Gasteiger partial charge is 0.393 e. The average Bonchev–Trinajstić information content (AvgIpc) is 1.67. The lowest BCUT2D eigenvalue weighted by molar-refractivity contribution is 0.186. The molecule has 0 saturated heterocycles. The van der Waals surface area contributed by atoms with Crippen LogP contribution in [0.25, 0.3) is 0 Å². The van der Waals surface area contributed by atoms with Crippen molar-refractivity contribution >= 4 is 0 Å². The molecule has 0 aliphatic heterocycles. The van der Waals surface area contributed by atoms with E-state index in [-0.39, 0.29) is 0 Å². The fraction of sp³-hybridized carbons (Fsp3) is 0.667. The van der Waals surface area contributed by atoms with E-state index >= 15 is 0 Å². The second kappa shape index (κ2) is 3.88. The van der Waals surface area contributed by atoms with E-state index in [0.717, 1.165) is 0 Å². The molecule has 0 aliphatic carbocycles. The molecule has 0 aliphatic rings. The highest BCUT2D eigenvalue weighted by atomic mass is 16.3. The van der Waals surface area contributed by atoms with Crippen LogP contribution in [0.4, 0.5) is 0 Å². The Hall–Kier alpha value is -0.300. The summed E-state index contributed by atoms with van der Waals surface area (Å²) >= 11 is 0. The van der Waals surface area contributed by atoms with E-state index in [1.807, 2.05) is 0 Å². The molecule has 0 unspecified atom stereocenters. The normalized spacial score (nSPS) is 20.0. The van der Waals surface area contributed by atoms with Gasteiger partial charge in [-0.05, 0) is 19.7 Å². The first-order valence-electron chi connectivity index (χ1n) is 2.97. The molecule has 0 saturated carbocycles. The summed E-state index contributed by atoms with van der Waals surface area (Å²) < 4.78 is 7.11. The molecule has 1 nitrogen and oxygen atoms in total. The maximum atomic E-state index is 8.72. The van der Waals surface area contributed by atoms with Gasteiger partial charge in [-0.1, -0.05) is 6.08 Å². The maximum Gasteiger partial charge on any atom is 0.0515 e. The van der Waals surface area contributed by atoms with Gasteiger partial charge in [0.2, 0.25) is 0 Å². The van der Waals surface area contributed by atoms with Crippen LogP contribution in [0.2, 0.25) is 0 Å². The van der Waals surface area contributed by atoms with Gasteiger partial charge in [0.25, 0.3) is 0 Å². The molecule has 0 fully saturated rings. The molecule has 0 rings (SSSR count). The van der Waals surface area contributed by atoms with Crippen molar-refractivity contribution in [1.29, 1.82) is 0 Å². The van der Waals surface area contributed by atoms with Gasteiger partial charge in [-0.3, -0.25) is 0 Å². The minimum atomic E-state index is -0.534. The highest BCUT2D eigenvalue weighted by Crippen LogP contribution is 1.93. The van der Waals surface area contributed by atoms with Gasteiger partial charge in [-0.15, -0.1) is 6.58 Å². The summed E-state index contributed by atoms with van der Waals surface area (Å²) in [4.78, 5) is 0. The average molecular weight is 101 g/mol. The highest BCUT2D eigenvalue weighted by Gasteiger charge is 1.88. The quantitative estimate of drug-likeness (QED) is 0.532. The smallest absolute Gasteiger partial charge is 0.0515 e. The van der Waals surface area contributed by atoms with Crippen molar-refractivity contribution in [3.63, 3.8) is 0 Å². The van der Waals surface area contributed by atoms with Crippen molar-refractivity contribution in [2.24, 2.45) is 0 Å². The van der Waals surface area contributed by atoms with Gasteiger partial charge < -0.3 is 5.11 Å². The van der Waals surface area contributed by atoms with Crippen LogP contribution in [0.1, 0.15) is 21.1 Å². The molecule has 0 radical (unpaired) electrons. The van der Waals surface area contributed by atoms with Gasteiger partial charge in [-0.2, -0.15) is 0 Å². The summed E-state index contributed by atoms with van der Waals surface area (Å²) in [5.41, 5.74) is 0. The molecule has 0 aromatic heterocycles. The van der Waals surface area contributed by atoms with Gasteiger partial charge >= 0.3 is 0 Å². The van der Waals surface area contributed by atoms with Crippen molar-refractivity contribution in [2.75, 3.05) is 0 Å². The molecule has 1 N–H and O–H groups in total. The number of aliphatic hydroxyl groups excluding tert-OH is 1. The first kappa shape index (κ1) is 4.85. The second-order valence-corrected chi connectivity index (χ2v) is 1.50. The van der Waals surface area contributed by atoms with Crippen LogP contribution in [0.5, 0.6) is 0 Å². The monoisotopic (exact) mass is 101 g/mol. The molecule has 0 bridgehead atoms. The van der Waals surface area contributed by atoms with Gasteiger partial charge in [0.1, 0.15) is 0 Å². The summed E-state index contributed by atoms with van der Waals surface area (Å²) in [6.07, 6.45) is 1.28. The second-order valence-electron chi connectivity index (χ2n) is 1.50. The van der Waals surface area contributed by atoms with E-state index in [4.69, 9.17) is 6.48 Å². The molecule has 0 aromatic rings. The Morgan fingerprint density at radius 1 is 2.14 bits per heavy atom. The Morgan fingerprint density at radius 3 is 2.86 bits per heavy atom. The van der Waals surface area contributed by atoms with Gasteiger partial charge in [0.15, 0.2) is 0 Å². The van der Waals surface area contributed by atoms with Crippen molar-refractivity contribution < 1.29 is 6.48 Å². The van der Waals surface area contributed by atoms with Crippen molar-refractivity contribution in [3.8, 4) is 0 Å². The Balaban J connectivity index is 3.30. The zero-order valence-corrected chi connectivity index (χ0v) is 4.59. The van der Waals surface area contributed by atoms with E-state index in [1.54, 1.807) is 13.0 Å². The Bertz CT molecular complexity index is 70.9. The summed E-state index contributed by atoms with van der Waals surface area (Å²) in [7, 11) is 0. The van der Waals surface area contributed by atoms with E-state index < -0.39 is 12.5 Å². The van der Waals surface area contributed by atoms with E-state index in [2.05, 4.69) is 6.58 Å². The summed E-state index contributed by atoms with van der Waals surface area (Å²) in [5.74, 6) is 0. The van der Waals surface area contributed by atoms with Crippen molar-refractivity contribution in [2.45, 2.75) is 25.8 Å². The zero-order chi connectivity index (χ0) is 6.57. The summed E-state index contributed by atoms with van der Waals surface area (Å²) in [6.45, 7) is 5.06. The van der Waals surface area contributed by atoms with Crippen LogP contribution >= 0.6 is 0 Å². The number of hydrogen-bond acceptors (Lipinski definition) is 1. The van der Waals surface area contributed by atoms with E-state index in [9.17, 15) is 0 Å². The van der Waals surface area contributed by atoms with Crippen LogP contribution in [0, 0.1) is 0 Å². The summed E-state index contributed by atoms with van der Waals surface area (Å²) in [6, 6.07) is 0. The fourth-order valence-electron chi connectivity index (χ4n) is 0.293. The Kier molecular flexibility index (Phi) is 2.68. The minimum absolute atomic E-state index is 0.396. The molecule has 0 spiro atoms. The predicted molar refractivity (Wildman–Crippen MR) is 31.1 cm³/mol.